The zero-order valence-electron chi connectivity index (χ0n) is 13.5. The highest BCUT2D eigenvalue weighted by Gasteiger charge is 2.31. The summed E-state index contributed by atoms with van der Waals surface area (Å²) in [5, 5.41) is 3.29. The summed E-state index contributed by atoms with van der Waals surface area (Å²) in [6.45, 7) is 19.5. The Bertz CT molecular complexity index is 583. The Kier molecular flexibility index (Phi) is 4.56. The van der Waals surface area contributed by atoms with Gasteiger partial charge in [0, 0.05) is 29.2 Å². The van der Waals surface area contributed by atoms with Crippen LogP contribution in [-0.2, 0) is 6.54 Å². The van der Waals surface area contributed by atoms with E-state index in [0.29, 0.717) is 6.04 Å². The van der Waals surface area contributed by atoms with Gasteiger partial charge in [0.2, 0.25) is 0 Å². The molecular weight excluding hydrogens is 256 g/mol. The van der Waals surface area contributed by atoms with Gasteiger partial charge in [0.05, 0.1) is 6.04 Å². The molecule has 1 fully saturated rings. The summed E-state index contributed by atoms with van der Waals surface area (Å²) in [5.41, 5.74) is 7.20. The van der Waals surface area contributed by atoms with Crippen LogP contribution in [-0.4, -0.2) is 10.9 Å². The zero-order chi connectivity index (χ0) is 15.6. The lowest BCUT2D eigenvalue weighted by molar-refractivity contribution is 0.297. The van der Waals surface area contributed by atoms with Gasteiger partial charge in [-0.25, -0.2) is 0 Å². The molecule has 3 rings (SSSR count). The van der Waals surface area contributed by atoms with Crippen molar-refractivity contribution >= 4 is 5.70 Å². The van der Waals surface area contributed by atoms with E-state index in [2.05, 4.69) is 55.1 Å². The van der Waals surface area contributed by atoms with Gasteiger partial charge in [-0.3, -0.25) is 0 Å². The van der Waals surface area contributed by atoms with Crippen molar-refractivity contribution in [1.82, 2.24) is 10.2 Å². The number of hydrogen-bond donors (Lipinski definition) is 1. The molecule has 21 heavy (non-hydrogen) atoms. The number of allylic oxidation sites excluding steroid dienone is 1. The molecule has 1 atom stereocenters. The number of benzene rings is 1. The van der Waals surface area contributed by atoms with E-state index in [1.54, 1.807) is 0 Å². The number of fused-ring (bicyclic) bond motifs is 1. The Balaban J connectivity index is 0.000000774. The van der Waals surface area contributed by atoms with E-state index in [1.165, 1.54) is 16.7 Å². The molecule has 2 heteroatoms. The monoisotopic (exact) mass is 282 g/mol. The third-order valence-electron chi connectivity index (χ3n) is 4.09. The van der Waals surface area contributed by atoms with E-state index in [0.717, 1.165) is 36.5 Å². The van der Waals surface area contributed by atoms with E-state index in [4.69, 9.17) is 0 Å². The Morgan fingerprint density at radius 1 is 1.19 bits per heavy atom. The molecule has 2 heterocycles. The van der Waals surface area contributed by atoms with Gasteiger partial charge in [0.15, 0.2) is 0 Å². The van der Waals surface area contributed by atoms with Crippen LogP contribution in [0.5, 0.6) is 0 Å². The number of aryl methyl sites for hydroxylation is 1. The van der Waals surface area contributed by atoms with Crippen molar-refractivity contribution in [1.29, 1.82) is 0 Å². The van der Waals surface area contributed by atoms with Crippen LogP contribution in [0, 0.1) is 6.92 Å². The standard InChI is InChI=1S/C17H20N2.C2H6/c1-11-5-7-16-14(4)19(10-15(16)9-11)17-8-6-12(2)18-13(17)3;1-2/h5,7,9,17-18H,2-4,6,8,10H2,1H3;1-2H3. The van der Waals surface area contributed by atoms with Gasteiger partial charge >= 0.3 is 0 Å². The number of nitrogens with one attached hydrogen (secondary N) is 1. The van der Waals surface area contributed by atoms with Crippen molar-refractivity contribution in [3.63, 3.8) is 0 Å². The van der Waals surface area contributed by atoms with Crippen molar-refractivity contribution < 1.29 is 0 Å². The highest BCUT2D eigenvalue weighted by atomic mass is 15.2. The molecule has 1 aromatic rings. The fourth-order valence-electron chi connectivity index (χ4n) is 3.07. The smallest absolute Gasteiger partial charge is 0.0693 e. The van der Waals surface area contributed by atoms with Gasteiger partial charge < -0.3 is 10.2 Å². The van der Waals surface area contributed by atoms with E-state index in [9.17, 15) is 0 Å². The second kappa shape index (κ2) is 6.21. The van der Waals surface area contributed by atoms with Crippen LogP contribution in [0.2, 0.25) is 0 Å². The van der Waals surface area contributed by atoms with Gasteiger partial charge in [0.1, 0.15) is 0 Å². The third kappa shape index (κ3) is 2.90. The van der Waals surface area contributed by atoms with Crippen molar-refractivity contribution in [3.05, 3.63) is 66.0 Å². The topological polar surface area (TPSA) is 15.3 Å². The fourth-order valence-corrected chi connectivity index (χ4v) is 3.07. The van der Waals surface area contributed by atoms with Crippen molar-refractivity contribution in [2.24, 2.45) is 0 Å². The number of rotatable bonds is 1. The first-order chi connectivity index (χ1) is 10.1. The second-order valence-corrected chi connectivity index (χ2v) is 5.54. The number of hydrogen-bond acceptors (Lipinski definition) is 2. The highest BCUT2D eigenvalue weighted by Crippen LogP contribution is 2.37. The zero-order valence-corrected chi connectivity index (χ0v) is 13.5. The van der Waals surface area contributed by atoms with E-state index < -0.39 is 0 Å². The third-order valence-corrected chi connectivity index (χ3v) is 4.09. The summed E-state index contributed by atoms with van der Waals surface area (Å²) in [5.74, 6) is 0. The van der Waals surface area contributed by atoms with E-state index in [1.807, 2.05) is 13.8 Å². The summed E-state index contributed by atoms with van der Waals surface area (Å²) < 4.78 is 0. The Labute approximate surface area is 128 Å². The van der Waals surface area contributed by atoms with Crippen LogP contribution in [0.3, 0.4) is 0 Å². The minimum absolute atomic E-state index is 0.325. The minimum atomic E-state index is 0.325. The Morgan fingerprint density at radius 2 is 1.90 bits per heavy atom. The predicted molar refractivity (Wildman–Crippen MR) is 91.5 cm³/mol. The quantitative estimate of drug-likeness (QED) is 0.810. The average molecular weight is 282 g/mol. The molecule has 2 aliphatic rings. The molecule has 0 radical (unpaired) electrons. The number of nitrogens with zero attached hydrogens (tertiary/aromatic N) is 1. The lowest BCUT2D eigenvalue weighted by Crippen LogP contribution is -2.39. The summed E-state index contributed by atoms with van der Waals surface area (Å²) in [6, 6.07) is 6.93. The molecule has 0 aliphatic carbocycles. The summed E-state index contributed by atoms with van der Waals surface area (Å²) in [4.78, 5) is 2.37. The highest BCUT2D eigenvalue weighted by molar-refractivity contribution is 5.70. The molecule has 2 aliphatic heterocycles. The first kappa shape index (κ1) is 15.4. The molecule has 112 valence electrons. The molecule has 1 N–H and O–H groups in total. The van der Waals surface area contributed by atoms with Gasteiger partial charge in [-0.15, -0.1) is 0 Å². The largest absolute Gasteiger partial charge is 0.362 e. The molecule has 0 amide bonds. The lowest BCUT2D eigenvalue weighted by Gasteiger charge is -2.36. The number of piperidine rings is 1. The van der Waals surface area contributed by atoms with Crippen LogP contribution in [0.4, 0.5) is 0 Å². The fraction of sp³-hybridized carbons (Fsp3) is 0.368. The van der Waals surface area contributed by atoms with Crippen LogP contribution in [0.25, 0.3) is 5.70 Å². The summed E-state index contributed by atoms with van der Waals surface area (Å²) >= 11 is 0. The maximum Gasteiger partial charge on any atom is 0.0693 e. The van der Waals surface area contributed by atoms with Crippen molar-refractivity contribution in [3.8, 4) is 0 Å². The molecule has 0 aromatic heterocycles. The molecule has 1 aromatic carbocycles. The van der Waals surface area contributed by atoms with Crippen LogP contribution < -0.4 is 5.32 Å². The van der Waals surface area contributed by atoms with Gasteiger partial charge in [0.25, 0.3) is 0 Å². The average Bonchev–Trinajstić information content (AvgIpc) is 2.77. The lowest BCUT2D eigenvalue weighted by atomic mass is 10.0. The molecule has 1 saturated heterocycles. The maximum atomic E-state index is 4.27. The molecule has 1 unspecified atom stereocenters. The SMILES string of the molecule is C=C1CCC(N2Cc3cc(C)ccc3C2=C)C(=C)N1.CC. The minimum Gasteiger partial charge on any atom is -0.362 e. The molecule has 0 saturated carbocycles. The summed E-state index contributed by atoms with van der Waals surface area (Å²) in [6.07, 6.45) is 2.07. The van der Waals surface area contributed by atoms with Crippen LogP contribution in [0.15, 0.2) is 49.3 Å². The molecular formula is C19H26N2. The predicted octanol–water partition coefficient (Wildman–Crippen LogP) is 4.59. The first-order valence-electron chi connectivity index (χ1n) is 7.75. The Hall–Kier alpha value is -1.96. The molecule has 0 spiro atoms. The van der Waals surface area contributed by atoms with E-state index in [-0.39, 0.29) is 0 Å². The van der Waals surface area contributed by atoms with Crippen molar-refractivity contribution in [2.75, 3.05) is 0 Å². The maximum absolute atomic E-state index is 4.27. The van der Waals surface area contributed by atoms with E-state index >= 15 is 0 Å². The first-order valence-corrected chi connectivity index (χ1v) is 7.75. The summed E-state index contributed by atoms with van der Waals surface area (Å²) in [7, 11) is 0. The van der Waals surface area contributed by atoms with Gasteiger partial charge in [-0.1, -0.05) is 57.3 Å². The van der Waals surface area contributed by atoms with Crippen LogP contribution >= 0.6 is 0 Å². The molecule has 2 nitrogen and oxygen atoms in total. The van der Waals surface area contributed by atoms with Crippen molar-refractivity contribution in [2.45, 2.75) is 46.2 Å². The van der Waals surface area contributed by atoms with Gasteiger partial charge in [-0.2, -0.15) is 0 Å². The second-order valence-electron chi connectivity index (χ2n) is 5.54. The van der Waals surface area contributed by atoms with Gasteiger partial charge in [-0.05, 0) is 25.3 Å². The molecule has 0 bridgehead atoms. The van der Waals surface area contributed by atoms with Crippen LogP contribution in [0.1, 0.15) is 43.4 Å². The Morgan fingerprint density at radius 3 is 2.57 bits per heavy atom. The normalized spacial score (nSPS) is 20.6.